The molecule has 3 N–H and O–H groups in total. The van der Waals surface area contributed by atoms with Crippen LogP contribution in [0.4, 0.5) is 5.69 Å². The van der Waals surface area contributed by atoms with Crippen molar-refractivity contribution in [1.82, 2.24) is 5.32 Å². The van der Waals surface area contributed by atoms with Gasteiger partial charge in [0.05, 0.1) is 12.2 Å². The summed E-state index contributed by atoms with van der Waals surface area (Å²) in [7, 11) is 0. The molecule has 0 aliphatic carbocycles. The highest BCUT2D eigenvalue weighted by Crippen LogP contribution is 2.15. The van der Waals surface area contributed by atoms with Crippen molar-refractivity contribution in [2.24, 2.45) is 0 Å². The van der Waals surface area contributed by atoms with Gasteiger partial charge < -0.3 is 25.2 Å². The van der Waals surface area contributed by atoms with Gasteiger partial charge in [-0.15, -0.1) is 0 Å². The van der Waals surface area contributed by atoms with Gasteiger partial charge in [0.2, 0.25) is 0 Å². The van der Waals surface area contributed by atoms with Gasteiger partial charge in [0, 0.05) is 35.9 Å². The quantitative estimate of drug-likeness (QED) is 0.648. The first-order chi connectivity index (χ1) is 12.6. The third-order valence-corrected chi connectivity index (χ3v) is 3.50. The molecule has 0 unspecified atom stereocenters. The van der Waals surface area contributed by atoms with Crippen LogP contribution in [0.15, 0.2) is 35.4 Å². The summed E-state index contributed by atoms with van der Waals surface area (Å²) in [6, 6.07) is 6.71. The van der Waals surface area contributed by atoms with E-state index in [9.17, 15) is 4.79 Å². The average Bonchev–Trinajstić information content (AvgIpc) is 2.62. The number of nitrogens with one attached hydrogen (secondary N) is 1. The standard InChI is InChI=1S/C15H24N2O3.C4H7Cl.CH2O/c1-15(2,3)16-8-9-17(10-11-18)13-6-4-12(5-7-13)14(19)20;1-3-4(2)5;1-2/h4-7,16,18H,8-11H2,1-3H3,(H,19,20);3H,1-2H3;1H2/b;4-3-;. The van der Waals surface area contributed by atoms with E-state index < -0.39 is 5.97 Å². The van der Waals surface area contributed by atoms with E-state index in [-0.39, 0.29) is 17.7 Å². The lowest BCUT2D eigenvalue weighted by Gasteiger charge is -2.27. The zero-order valence-corrected chi connectivity index (χ0v) is 17.7. The summed E-state index contributed by atoms with van der Waals surface area (Å²) in [6.45, 7) is 14.2. The van der Waals surface area contributed by atoms with Gasteiger partial charge in [-0.3, -0.25) is 0 Å². The monoisotopic (exact) mass is 400 g/mol. The number of carboxylic acids is 1. The molecule has 1 rings (SSSR count). The van der Waals surface area contributed by atoms with Gasteiger partial charge >= 0.3 is 5.97 Å². The van der Waals surface area contributed by atoms with Crippen molar-refractivity contribution in [2.75, 3.05) is 31.1 Å². The molecule has 27 heavy (non-hydrogen) atoms. The molecule has 0 bridgehead atoms. The molecule has 0 aromatic heterocycles. The number of hydrogen-bond acceptors (Lipinski definition) is 5. The second-order valence-corrected chi connectivity index (χ2v) is 7.21. The molecular formula is C20H33ClN2O4. The average molecular weight is 401 g/mol. The van der Waals surface area contributed by atoms with Gasteiger partial charge in [0.25, 0.3) is 0 Å². The summed E-state index contributed by atoms with van der Waals surface area (Å²) in [5.74, 6) is -0.931. The molecule has 0 heterocycles. The zero-order valence-electron chi connectivity index (χ0n) is 17.0. The minimum atomic E-state index is -0.931. The Hall–Kier alpha value is -1.89. The van der Waals surface area contributed by atoms with Crippen molar-refractivity contribution in [2.45, 2.75) is 40.2 Å². The van der Waals surface area contributed by atoms with Crippen molar-refractivity contribution in [3.05, 3.63) is 40.9 Å². The van der Waals surface area contributed by atoms with Crippen LogP contribution in [0.1, 0.15) is 45.0 Å². The number of aliphatic hydroxyl groups is 1. The molecule has 1 aromatic carbocycles. The number of halogens is 1. The first-order valence-corrected chi connectivity index (χ1v) is 9.00. The fraction of sp³-hybridized carbons (Fsp3) is 0.500. The fourth-order valence-corrected chi connectivity index (χ4v) is 1.87. The Kier molecular flexibility index (Phi) is 15.4. The summed E-state index contributed by atoms with van der Waals surface area (Å²) in [5.41, 5.74) is 1.24. The molecule has 7 heteroatoms. The van der Waals surface area contributed by atoms with E-state index in [1.54, 1.807) is 24.3 Å². The third-order valence-electron chi connectivity index (χ3n) is 3.28. The van der Waals surface area contributed by atoms with Gasteiger partial charge in [-0.1, -0.05) is 17.7 Å². The number of nitrogens with zero attached hydrogens (tertiary/aromatic N) is 1. The molecule has 154 valence electrons. The number of rotatable bonds is 7. The summed E-state index contributed by atoms with van der Waals surface area (Å²) in [5, 5.41) is 22.3. The second-order valence-electron chi connectivity index (χ2n) is 6.61. The SMILES string of the molecule is C/C=C(/C)Cl.C=O.CC(C)(C)NCCN(CCO)c1ccc(C(=O)O)cc1. The van der Waals surface area contributed by atoms with Gasteiger partial charge in [-0.2, -0.15) is 0 Å². The lowest BCUT2D eigenvalue weighted by Crippen LogP contribution is -2.42. The van der Waals surface area contributed by atoms with Crippen LogP contribution < -0.4 is 10.2 Å². The molecule has 6 nitrogen and oxygen atoms in total. The smallest absolute Gasteiger partial charge is 0.335 e. The normalized spacial score (nSPS) is 10.9. The van der Waals surface area contributed by atoms with Crippen molar-refractivity contribution in [3.8, 4) is 0 Å². The number of benzene rings is 1. The van der Waals surface area contributed by atoms with E-state index in [2.05, 4.69) is 26.1 Å². The number of carboxylic acid groups (broad SMARTS) is 1. The van der Waals surface area contributed by atoms with Crippen molar-refractivity contribution in [3.63, 3.8) is 0 Å². The van der Waals surface area contributed by atoms with Crippen LogP contribution in [-0.2, 0) is 4.79 Å². The number of aliphatic hydroxyl groups excluding tert-OH is 1. The molecule has 0 saturated heterocycles. The van der Waals surface area contributed by atoms with E-state index >= 15 is 0 Å². The summed E-state index contributed by atoms with van der Waals surface area (Å²) in [4.78, 5) is 20.9. The van der Waals surface area contributed by atoms with Crippen molar-refractivity contribution < 1.29 is 19.8 Å². The predicted molar refractivity (Wildman–Crippen MR) is 113 cm³/mol. The first kappa shape index (κ1) is 27.3. The van der Waals surface area contributed by atoms with E-state index in [0.29, 0.717) is 6.54 Å². The van der Waals surface area contributed by atoms with Gasteiger partial charge in [-0.05, 0) is 58.9 Å². The van der Waals surface area contributed by atoms with Crippen molar-refractivity contribution >= 4 is 30.0 Å². The highest BCUT2D eigenvalue weighted by atomic mass is 35.5. The number of carbonyl (C=O) groups is 2. The first-order valence-electron chi connectivity index (χ1n) is 8.62. The minimum absolute atomic E-state index is 0.0536. The molecule has 0 spiro atoms. The number of hydrogen-bond donors (Lipinski definition) is 3. The van der Waals surface area contributed by atoms with Crippen LogP contribution in [-0.4, -0.2) is 54.8 Å². The highest BCUT2D eigenvalue weighted by molar-refractivity contribution is 6.29. The van der Waals surface area contributed by atoms with Crippen LogP contribution in [0.3, 0.4) is 0 Å². The molecule has 0 radical (unpaired) electrons. The molecular weight excluding hydrogens is 368 g/mol. The van der Waals surface area contributed by atoms with E-state index in [1.807, 2.05) is 31.6 Å². The zero-order chi connectivity index (χ0) is 21.5. The van der Waals surface area contributed by atoms with Crippen LogP contribution >= 0.6 is 11.6 Å². The molecule has 0 aliphatic rings. The molecule has 1 aromatic rings. The third kappa shape index (κ3) is 14.9. The molecule has 0 atom stereocenters. The Labute approximate surface area is 167 Å². The highest BCUT2D eigenvalue weighted by Gasteiger charge is 2.11. The van der Waals surface area contributed by atoms with Crippen LogP contribution in [0, 0.1) is 0 Å². The Morgan fingerprint density at radius 1 is 1.22 bits per heavy atom. The number of allylic oxidation sites excluding steroid dienone is 2. The molecule has 0 aliphatic heterocycles. The largest absolute Gasteiger partial charge is 0.478 e. The Balaban J connectivity index is 0. The topological polar surface area (TPSA) is 89.9 Å². The lowest BCUT2D eigenvalue weighted by atomic mass is 10.1. The van der Waals surface area contributed by atoms with Gasteiger partial charge in [0.15, 0.2) is 0 Å². The Bertz CT molecular complexity index is 550. The Morgan fingerprint density at radius 2 is 1.70 bits per heavy atom. The second kappa shape index (κ2) is 15.2. The summed E-state index contributed by atoms with van der Waals surface area (Å²) in [6.07, 6.45) is 1.85. The number of anilines is 1. The van der Waals surface area contributed by atoms with E-state index in [4.69, 9.17) is 26.6 Å². The maximum Gasteiger partial charge on any atom is 0.335 e. The minimum Gasteiger partial charge on any atom is -0.478 e. The molecule has 0 saturated carbocycles. The molecule has 0 amide bonds. The van der Waals surface area contributed by atoms with Gasteiger partial charge in [-0.25, -0.2) is 4.79 Å². The fourth-order valence-electron chi connectivity index (χ4n) is 1.87. The maximum absolute atomic E-state index is 10.8. The number of carbonyl (C=O) groups excluding carboxylic acids is 1. The molecule has 0 fully saturated rings. The van der Waals surface area contributed by atoms with Crippen LogP contribution in [0.5, 0.6) is 0 Å². The van der Waals surface area contributed by atoms with Crippen LogP contribution in [0.2, 0.25) is 0 Å². The maximum atomic E-state index is 10.8. The lowest BCUT2D eigenvalue weighted by molar-refractivity contribution is -0.0980. The van der Waals surface area contributed by atoms with Crippen LogP contribution in [0.25, 0.3) is 0 Å². The Morgan fingerprint density at radius 3 is 2.04 bits per heavy atom. The van der Waals surface area contributed by atoms with E-state index in [0.717, 1.165) is 23.8 Å². The number of aromatic carboxylic acids is 1. The summed E-state index contributed by atoms with van der Waals surface area (Å²) >= 11 is 5.32. The van der Waals surface area contributed by atoms with Gasteiger partial charge in [0.1, 0.15) is 6.79 Å². The van der Waals surface area contributed by atoms with E-state index in [1.165, 1.54) is 0 Å². The van der Waals surface area contributed by atoms with Crippen molar-refractivity contribution in [1.29, 1.82) is 0 Å². The predicted octanol–water partition coefficient (Wildman–Crippen LogP) is 3.54. The summed E-state index contributed by atoms with van der Waals surface area (Å²) < 4.78 is 0.